The molecule has 0 aliphatic carbocycles. The smallest absolute Gasteiger partial charge is 0.126 e. The van der Waals surface area contributed by atoms with Crippen molar-refractivity contribution in [1.82, 2.24) is 0 Å². The molecule has 3 aromatic rings. The lowest BCUT2D eigenvalue weighted by atomic mass is 9.92. The van der Waals surface area contributed by atoms with E-state index >= 15 is 0 Å². The molecular formula is C25H29NO2S. The summed E-state index contributed by atoms with van der Waals surface area (Å²) in [5.41, 5.74) is 11.8. The van der Waals surface area contributed by atoms with Crippen LogP contribution in [0.3, 0.4) is 0 Å². The zero-order valence-electron chi connectivity index (χ0n) is 17.4. The quantitative estimate of drug-likeness (QED) is 0.439. The van der Waals surface area contributed by atoms with Crippen LogP contribution in [-0.2, 0) is 6.42 Å². The standard InChI is InChI=1S/C25H29NO2S/c1-4-15-29-25-17-21(19-9-5-7-11-23(19)27-2)18(13-14-26)16-22(25)20-10-6-8-12-24(20)28-3/h5-12,16-17H,4,13-15,26H2,1-3H3. The van der Waals surface area contributed by atoms with E-state index < -0.39 is 0 Å². The molecule has 0 bridgehead atoms. The zero-order valence-corrected chi connectivity index (χ0v) is 18.2. The van der Waals surface area contributed by atoms with Crippen LogP contribution in [0, 0.1) is 0 Å². The van der Waals surface area contributed by atoms with Crippen molar-refractivity contribution in [3.05, 3.63) is 66.2 Å². The minimum Gasteiger partial charge on any atom is -0.496 e. The first-order chi connectivity index (χ1) is 14.2. The Morgan fingerprint density at radius 2 is 1.38 bits per heavy atom. The molecule has 2 N–H and O–H groups in total. The molecule has 0 saturated heterocycles. The fraction of sp³-hybridized carbons (Fsp3) is 0.280. The Morgan fingerprint density at radius 3 is 1.93 bits per heavy atom. The number of methoxy groups -OCH3 is 2. The summed E-state index contributed by atoms with van der Waals surface area (Å²) in [7, 11) is 3.44. The van der Waals surface area contributed by atoms with E-state index in [-0.39, 0.29) is 0 Å². The molecular weight excluding hydrogens is 378 g/mol. The molecule has 3 aromatic carbocycles. The van der Waals surface area contributed by atoms with Gasteiger partial charge < -0.3 is 15.2 Å². The number of ether oxygens (including phenoxy) is 2. The van der Waals surface area contributed by atoms with Crippen LogP contribution in [0.15, 0.2) is 65.6 Å². The molecule has 0 aliphatic heterocycles. The van der Waals surface area contributed by atoms with Crippen LogP contribution in [0.1, 0.15) is 18.9 Å². The van der Waals surface area contributed by atoms with Crippen LogP contribution < -0.4 is 15.2 Å². The van der Waals surface area contributed by atoms with Gasteiger partial charge in [-0.2, -0.15) is 0 Å². The summed E-state index contributed by atoms with van der Waals surface area (Å²) in [6.45, 7) is 2.80. The maximum absolute atomic E-state index is 5.98. The maximum Gasteiger partial charge on any atom is 0.126 e. The van der Waals surface area contributed by atoms with Crippen molar-refractivity contribution in [3.63, 3.8) is 0 Å². The summed E-state index contributed by atoms with van der Waals surface area (Å²) < 4.78 is 11.3. The fourth-order valence-corrected chi connectivity index (χ4v) is 4.46. The third kappa shape index (κ3) is 4.77. The number of thioether (sulfide) groups is 1. The molecule has 0 aliphatic rings. The second kappa shape index (κ2) is 10.4. The monoisotopic (exact) mass is 407 g/mol. The fourth-order valence-electron chi connectivity index (χ4n) is 3.51. The van der Waals surface area contributed by atoms with E-state index in [0.717, 1.165) is 41.2 Å². The molecule has 0 atom stereocenters. The van der Waals surface area contributed by atoms with E-state index in [1.807, 2.05) is 36.0 Å². The van der Waals surface area contributed by atoms with Gasteiger partial charge in [-0.3, -0.25) is 0 Å². The number of para-hydroxylation sites is 2. The number of hydrogen-bond acceptors (Lipinski definition) is 4. The Bertz CT molecular complexity index is 955. The van der Waals surface area contributed by atoms with Crippen LogP contribution in [-0.4, -0.2) is 26.5 Å². The van der Waals surface area contributed by atoms with Gasteiger partial charge in [-0.25, -0.2) is 0 Å². The van der Waals surface area contributed by atoms with E-state index in [2.05, 4.69) is 43.3 Å². The van der Waals surface area contributed by atoms with E-state index in [4.69, 9.17) is 15.2 Å². The second-order valence-corrected chi connectivity index (χ2v) is 7.93. The molecule has 4 heteroatoms. The Morgan fingerprint density at radius 1 is 0.793 bits per heavy atom. The highest BCUT2D eigenvalue weighted by atomic mass is 32.2. The number of benzene rings is 3. The Hall–Kier alpha value is -2.43. The first-order valence-electron chi connectivity index (χ1n) is 10.00. The Labute approximate surface area is 178 Å². The minimum atomic E-state index is 0.592. The molecule has 0 radical (unpaired) electrons. The molecule has 3 nitrogen and oxygen atoms in total. The second-order valence-electron chi connectivity index (χ2n) is 6.79. The van der Waals surface area contributed by atoms with Crippen LogP contribution in [0.2, 0.25) is 0 Å². The van der Waals surface area contributed by atoms with Crippen molar-refractivity contribution in [2.75, 3.05) is 26.5 Å². The third-order valence-electron chi connectivity index (χ3n) is 4.88. The van der Waals surface area contributed by atoms with Crippen molar-refractivity contribution in [1.29, 1.82) is 0 Å². The number of rotatable bonds is 9. The predicted octanol–water partition coefficient (Wildman–Crippen LogP) is 6.04. The molecule has 3 rings (SSSR count). The van der Waals surface area contributed by atoms with Crippen molar-refractivity contribution in [2.45, 2.75) is 24.7 Å². The van der Waals surface area contributed by atoms with Crippen LogP contribution in [0.25, 0.3) is 22.3 Å². The van der Waals surface area contributed by atoms with Gasteiger partial charge in [0.25, 0.3) is 0 Å². The summed E-state index contributed by atoms with van der Waals surface area (Å²) in [5.74, 6) is 2.82. The van der Waals surface area contributed by atoms with Gasteiger partial charge in [-0.15, -0.1) is 11.8 Å². The van der Waals surface area contributed by atoms with Crippen molar-refractivity contribution < 1.29 is 9.47 Å². The lowest BCUT2D eigenvalue weighted by Gasteiger charge is -2.19. The first kappa shape index (κ1) is 21.3. The summed E-state index contributed by atoms with van der Waals surface area (Å²) in [6, 6.07) is 21.0. The number of nitrogens with two attached hydrogens (primary N) is 1. The van der Waals surface area contributed by atoms with E-state index in [0.29, 0.717) is 6.54 Å². The van der Waals surface area contributed by atoms with Gasteiger partial charge in [0.15, 0.2) is 0 Å². The number of hydrogen-bond donors (Lipinski definition) is 1. The van der Waals surface area contributed by atoms with Gasteiger partial charge >= 0.3 is 0 Å². The zero-order chi connectivity index (χ0) is 20.6. The average molecular weight is 408 g/mol. The maximum atomic E-state index is 5.98. The minimum absolute atomic E-state index is 0.592. The van der Waals surface area contributed by atoms with Crippen molar-refractivity contribution in [2.24, 2.45) is 5.73 Å². The molecule has 0 heterocycles. The molecule has 152 valence electrons. The highest BCUT2D eigenvalue weighted by molar-refractivity contribution is 7.99. The Balaban J connectivity index is 2.25. The van der Waals surface area contributed by atoms with E-state index in [9.17, 15) is 0 Å². The molecule has 0 spiro atoms. The average Bonchev–Trinajstić information content (AvgIpc) is 2.78. The Kier molecular flexibility index (Phi) is 7.62. The normalized spacial score (nSPS) is 10.8. The topological polar surface area (TPSA) is 44.5 Å². The molecule has 29 heavy (non-hydrogen) atoms. The summed E-state index contributed by atoms with van der Waals surface area (Å²) >= 11 is 1.88. The lowest BCUT2D eigenvalue weighted by molar-refractivity contribution is 0.416. The highest BCUT2D eigenvalue weighted by Gasteiger charge is 2.17. The van der Waals surface area contributed by atoms with Gasteiger partial charge in [0.2, 0.25) is 0 Å². The molecule has 0 amide bonds. The van der Waals surface area contributed by atoms with Gasteiger partial charge in [-0.1, -0.05) is 43.3 Å². The molecule has 0 aromatic heterocycles. The van der Waals surface area contributed by atoms with Gasteiger partial charge in [0, 0.05) is 16.0 Å². The summed E-state index contributed by atoms with van der Waals surface area (Å²) in [5, 5.41) is 0. The van der Waals surface area contributed by atoms with Gasteiger partial charge in [0.05, 0.1) is 14.2 Å². The van der Waals surface area contributed by atoms with E-state index in [1.165, 1.54) is 21.6 Å². The third-order valence-corrected chi connectivity index (χ3v) is 6.14. The SMILES string of the molecule is CCCSc1cc(-c2ccccc2OC)c(CCN)cc1-c1ccccc1OC. The van der Waals surface area contributed by atoms with Crippen LogP contribution in [0.5, 0.6) is 11.5 Å². The largest absolute Gasteiger partial charge is 0.496 e. The van der Waals surface area contributed by atoms with Crippen molar-refractivity contribution >= 4 is 11.8 Å². The summed E-state index contributed by atoms with van der Waals surface area (Å²) in [4.78, 5) is 1.25. The summed E-state index contributed by atoms with van der Waals surface area (Å²) in [6.07, 6.45) is 1.92. The highest BCUT2D eigenvalue weighted by Crippen LogP contribution is 2.42. The van der Waals surface area contributed by atoms with Crippen molar-refractivity contribution in [3.8, 4) is 33.8 Å². The first-order valence-corrected chi connectivity index (χ1v) is 11.0. The molecule has 0 saturated carbocycles. The van der Waals surface area contributed by atoms with Crippen LogP contribution in [0.4, 0.5) is 0 Å². The van der Waals surface area contributed by atoms with Gasteiger partial charge in [0.1, 0.15) is 11.5 Å². The predicted molar refractivity (Wildman–Crippen MR) is 124 cm³/mol. The van der Waals surface area contributed by atoms with E-state index in [1.54, 1.807) is 14.2 Å². The van der Waals surface area contributed by atoms with Crippen LogP contribution >= 0.6 is 11.8 Å². The van der Waals surface area contributed by atoms with Gasteiger partial charge in [-0.05, 0) is 66.1 Å². The molecule has 0 fully saturated rings. The lowest BCUT2D eigenvalue weighted by Crippen LogP contribution is -2.05. The molecule has 0 unspecified atom stereocenters.